The zero-order chi connectivity index (χ0) is 8.10. The van der Waals surface area contributed by atoms with Gasteiger partial charge >= 0.3 is 0 Å². The third-order valence-electron chi connectivity index (χ3n) is 2.73. The standard InChI is InChI=1S/C10H21N/c1-3-8-11-9-6-5-7-10(11)4-2/h10H,3-9H2,1-2H3/t10-/m0/s1. The first-order chi connectivity index (χ1) is 5.38. The monoisotopic (exact) mass is 155 g/mol. The van der Waals surface area contributed by atoms with E-state index in [9.17, 15) is 0 Å². The summed E-state index contributed by atoms with van der Waals surface area (Å²) >= 11 is 0. The van der Waals surface area contributed by atoms with Gasteiger partial charge in [0.1, 0.15) is 0 Å². The molecule has 0 bridgehead atoms. The van der Waals surface area contributed by atoms with Crippen molar-refractivity contribution >= 4 is 0 Å². The zero-order valence-corrected chi connectivity index (χ0v) is 7.97. The molecule has 0 spiro atoms. The molecule has 1 rings (SSSR count). The van der Waals surface area contributed by atoms with Crippen molar-refractivity contribution < 1.29 is 0 Å². The normalized spacial score (nSPS) is 27.3. The van der Waals surface area contributed by atoms with Crippen molar-refractivity contribution in [2.75, 3.05) is 13.1 Å². The number of rotatable bonds is 3. The van der Waals surface area contributed by atoms with Gasteiger partial charge in [0.05, 0.1) is 0 Å². The van der Waals surface area contributed by atoms with E-state index < -0.39 is 0 Å². The number of piperidine rings is 1. The Balaban J connectivity index is 2.31. The summed E-state index contributed by atoms with van der Waals surface area (Å²) in [6, 6.07) is 0.906. The van der Waals surface area contributed by atoms with Crippen LogP contribution in [0.3, 0.4) is 0 Å². The predicted molar refractivity (Wildman–Crippen MR) is 49.8 cm³/mol. The minimum absolute atomic E-state index is 0.906. The van der Waals surface area contributed by atoms with Gasteiger partial charge in [-0.05, 0) is 38.8 Å². The molecule has 0 saturated carbocycles. The Bertz CT molecular complexity index is 99.0. The molecule has 0 N–H and O–H groups in total. The van der Waals surface area contributed by atoms with E-state index in [4.69, 9.17) is 0 Å². The van der Waals surface area contributed by atoms with E-state index in [0.29, 0.717) is 0 Å². The first-order valence-corrected chi connectivity index (χ1v) is 5.12. The summed E-state index contributed by atoms with van der Waals surface area (Å²) in [7, 11) is 0. The average Bonchev–Trinajstić information content (AvgIpc) is 2.06. The summed E-state index contributed by atoms with van der Waals surface area (Å²) in [6.45, 7) is 7.27. The van der Waals surface area contributed by atoms with Gasteiger partial charge in [0, 0.05) is 6.04 Å². The summed E-state index contributed by atoms with van der Waals surface area (Å²) in [5.41, 5.74) is 0. The molecule has 0 aliphatic carbocycles. The van der Waals surface area contributed by atoms with E-state index in [-0.39, 0.29) is 0 Å². The summed E-state index contributed by atoms with van der Waals surface area (Å²) in [5.74, 6) is 0. The minimum Gasteiger partial charge on any atom is -0.300 e. The van der Waals surface area contributed by atoms with Crippen LogP contribution < -0.4 is 0 Å². The highest BCUT2D eigenvalue weighted by atomic mass is 15.2. The number of nitrogens with zero attached hydrogens (tertiary/aromatic N) is 1. The van der Waals surface area contributed by atoms with Crippen LogP contribution in [0, 0.1) is 0 Å². The molecule has 0 aromatic carbocycles. The highest BCUT2D eigenvalue weighted by Crippen LogP contribution is 2.18. The number of hydrogen-bond donors (Lipinski definition) is 0. The third kappa shape index (κ3) is 2.48. The van der Waals surface area contributed by atoms with Crippen LogP contribution in [0.4, 0.5) is 0 Å². The maximum absolute atomic E-state index is 2.67. The maximum atomic E-state index is 2.67. The molecule has 11 heavy (non-hydrogen) atoms. The smallest absolute Gasteiger partial charge is 0.00926 e. The quantitative estimate of drug-likeness (QED) is 0.605. The second-order valence-electron chi connectivity index (χ2n) is 3.59. The van der Waals surface area contributed by atoms with Gasteiger partial charge in [0.15, 0.2) is 0 Å². The van der Waals surface area contributed by atoms with Crippen molar-refractivity contribution in [2.45, 2.75) is 52.0 Å². The topological polar surface area (TPSA) is 3.24 Å². The van der Waals surface area contributed by atoms with Crippen LogP contribution in [0.1, 0.15) is 46.0 Å². The fourth-order valence-corrected chi connectivity index (χ4v) is 2.10. The van der Waals surface area contributed by atoms with Crippen LogP contribution in [-0.4, -0.2) is 24.0 Å². The molecule has 1 atom stereocenters. The summed E-state index contributed by atoms with van der Waals surface area (Å²) in [6.07, 6.45) is 6.99. The van der Waals surface area contributed by atoms with Crippen molar-refractivity contribution in [2.24, 2.45) is 0 Å². The van der Waals surface area contributed by atoms with E-state index in [0.717, 1.165) is 6.04 Å². The maximum Gasteiger partial charge on any atom is 0.00926 e. The average molecular weight is 155 g/mol. The van der Waals surface area contributed by atoms with Gasteiger partial charge in [-0.1, -0.05) is 20.3 Å². The summed E-state index contributed by atoms with van der Waals surface area (Å²) < 4.78 is 0. The summed E-state index contributed by atoms with van der Waals surface area (Å²) in [4.78, 5) is 2.67. The molecular formula is C10H21N. The lowest BCUT2D eigenvalue weighted by Gasteiger charge is -2.34. The molecule has 0 amide bonds. The van der Waals surface area contributed by atoms with Gasteiger partial charge in [-0.3, -0.25) is 0 Å². The summed E-state index contributed by atoms with van der Waals surface area (Å²) in [5, 5.41) is 0. The van der Waals surface area contributed by atoms with Crippen LogP contribution in [-0.2, 0) is 0 Å². The number of hydrogen-bond acceptors (Lipinski definition) is 1. The first kappa shape index (κ1) is 9.05. The molecule has 1 aliphatic rings. The Labute approximate surface area is 70.8 Å². The molecule has 1 heteroatoms. The Morgan fingerprint density at radius 3 is 2.73 bits per heavy atom. The van der Waals surface area contributed by atoms with E-state index in [2.05, 4.69) is 18.7 Å². The molecule has 0 aromatic rings. The van der Waals surface area contributed by atoms with Crippen LogP contribution in [0.2, 0.25) is 0 Å². The minimum atomic E-state index is 0.906. The Morgan fingerprint density at radius 2 is 2.09 bits per heavy atom. The van der Waals surface area contributed by atoms with Crippen molar-refractivity contribution in [3.05, 3.63) is 0 Å². The van der Waals surface area contributed by atoms with Crippen molar-refractivity contribution in [3.63, 3.8) is 0 Å². The van der Waals surface area contributed by atoms with Gasteiger partial charge in [-0.15, -0.1) is 0 Å². The molecule has 1 saturated heterocycles. The van der Waals surface area contributed by atoms with Crippen molar-refractivity contribution in [1.82, 2.24) is 4.90 Å². The van der Waals surface area contributed by atoms with Gasteiger partial charge in [-0.2, -0.15) is 0 Å². The molecule has 1 fully saturated rings. The fraction of sp³-hybridized carbons (Fsp3) is 1.00. The van der Waals surface area contributed by atoms with Crippen molar-refractivity contribution in [1.29, 1.82) is 0 Å². The Kier molecular flexibility index (Phi) is 3.92. The molecule has 1 aliphatic heterocycles. The van der Waals surface area contributed by atoms with Crippen molar-refractivity contribution in [3.8, 4) is 0 Å². The Hall–Kier alpha value is -0.0400. The molecule has 1 heterocycles. The van der Waals surface area contributed by atoms with Gasteiger partial charge in [0.2, 0.25) is 0 Å². The van der Waals surface area contributed by atoms with E-state index in [1.807, 2.05) is 0 Å². The van der Waals surface area contributed by atoms with Crippen LogP contribution in [0.25, 0.3) is 0 Å². The lowest BCUT2D eigenvalue weighted by Crippen LogP contribution is -2.39. The fourth-order valence-electron chi connectivity index (χ4n) is 2.10. The van der Waals surface area contributed by atoms with Crippen LogP contribution in [0.15, 0.2) is 0 Å². The highest BCUT2D eigenvalue weighted by molar-refractivity contribution is 4.74. The highest BCUT2D eigenvalue weighted by Gasteiger charge is 2.18. The van der Waals surface area contributed by atoms with Gasteiger partial charge in [0.25, 0.3) is 0 Å². The van der Waals surface area contributed by atoms with E-state index in [1.165, 1.54) is 45.2 Å². The number of likely N-dealkylation sites (tertiary alicyclic amines) is 1. The van der Waals surface area contributed by atoms with E-state index in [1.54, 1.807) is 0 Å². The largest absolute Gasteiger partial charge is 0.300 e. The molecular weight excluding hydrogens is 134 g/mol. The molecule has 0 radical (unpaired) electrons. The first-order valence-electron chi connectivity index (χ1n) is 5.12. The molecule has 1 nitrogen and oxygen atoms in total. The molecule has 66 valence electrons. The zero-order valence-electron chi connectivity index (χ0n) is 7.97. The van der Waals surface area contributed by atoms with Gasteiger partial charge in [-0.25, -0.2) is 0 Å². The SMILES string of the molecule is CCCN1CCCC[C@@H]1CC. The van der Waals surface area contributed by atoms with Gasteiger partial charge < -0.3 is 4.90 Å². The third-order valence-corrected chi connectivity index (χ3v) is 2.73. The second kappa shape index (κ2) is 4.76. The molecule has 0 aromatic heterocycles. The second-order valence-corrected chi connectivity index (χ2v) is 3.59. The van der Waals surface area contributed by atoms with E-state index >= 15 is 0 Å². The molecule has 0 unspecified atom stereocenters. The predicted octanol–water partition coefficient (Wildman–Crippen LogP) is 2.66. The lowest BCUT2D eigenvalue weighted by atomic mass is 10.00. The Morgan fingerprint density at radius 1 is 1.27 bits per heavy atom. The van der Waals surface area contributed by atoms with Crippen LogP contribution >= 0.6 is 0 Å². The van der Waals surface area contributed by atoms with Crippen LogP contribution in [0.5, 0.6) is 0 Å². The lowest BCUT2D eigenvalue weighted by molar-refractivity contribution is 0.144.